The lowest BCUT2D eigenvalue weighted by molar-refractivity contribution is 0.348. The van der Waals surface area contributed by atoms with Gasteiger partial charge < -0.3 is 10.5 Å². The summed E-state index contributed by atoms with van der Waals surface area (Å²) < 4.78 is 5.50. The van der Waals surface area contributed by atoms with Gasteiger partial charge in [-0.2, -0.15) is 0 Å². The Hall–Kier alpha value is -1.35. The van der Waals surface area contributed by atoms with E-state index in [0.29, 0.717) is 6.61 Å². The second kappa shape index (κ2) is 4.26. The molecule has 0 saturated carbocycles. The fraction of sp³-hybridized carbons (Fsp3) is 0.462. The first-order valence-electron chi connectivity index (χ1n) is 5.61. The van der Waals surface area contributed by atoms with Crippen LogP contribution >= 0.6 is 0 Å². The van der Waals surface area contributed by atoms with Crippen LogP contribution in [-0.2, 0) is 11.2 Å². The minimum atomic E-state index is -0.213. The normalized spacial score (nSPS) is 15.8. The van der Waals surface area contributed by atoms with Crippen LogP contribution in [0.25, 0.3) is 0 Å². The molecule has 1 aromatic rings. The molecule has 0 unspecified atom stereocenters. The van der Waals surface area contributed by atoms with Crippen molar-refractivity contribution in [2.24, 2.45) is 10.7 Å². The van der Waals surface area contributed by atoms with Crippen molar-refractivity contribution in [2.45, 2.75) is 25.8 Å². The number of ether oxygens (including phenoxy) is 1. The molecule has 16 heavy (non-hydrogen) atoms. The van der Waals surface area contributed by atoms with Crippen LogP contribution in [0.15, 0.2) is 29.3 Å². The fourth-order valence-corrected chi connectivity index (χ4v) is 1.87. The van der Waals surface area contributed by atoms with E-state index in [9.17, 15) is 0 Å². The third-order valence-electron chi connectivity index (χ3n) is 2.48. The van der Waals surface area contributed by atoms with E-state index >= 15 is 0 Å². The van der Waals surface area contributed by atoms with Gasteiger partial charge in [-0.25, -0.2) is 4.99 Å². The van der Waals surface area contributed by atoms with E-state index in [2.05, 4.69) is 11.1 Å². The molecule has 0 aromatic heterocycles. The Bertz CT molecular complexity index is 405. The predicted molar refractivity (Wildman–Crippen MR) is 65.8 cm³/mol. The van der Waals surface area contributed by atoms with Crippen LogP contribution in [0.3, 0.4) is 0 Å². The lowest BCUT2D eigenvalue weighted by atomic mass is 9.93. The highest BCUT2D eigenvalue weighted by Gasteiger charge is 2.18. The van der Waals surface area contributed by atoms with E-state index in [1.807, 2.05) is 32.0 Å². The van der Waals surface area contributed by atoms with Crippen molar-refractivity contribution >= 4 is 5.90 Å². The molecule has 1 aromatic carbocycles. The standard InChI is InChI=1S/C13H18N2O/c1-13(2,14)9-10-5-3-4-6-11(10)12-15-7-8-16-12/h3-6H,7-9,14H2,1-2H3. The molecule has 0 aliphatic carbocycles. The zero-order chi connectivity index (χ0) is 11.6. The van der Waals surface area contributed by atoms with Gasteiger partial charge >= 0.3 is 0 Å². The molecule has 0 saturated heterocycles. The van der Waals surface area contributed by atoms with Gasteiger partial charge in [-0.1, -0.05) is 18.2 Å². The zero-order valence-corrected chi connectivity index (χ0v) is 9.86. The van der Waals surface area contributed by atoms with Crippen molar-refractivity contribution in [3.63, 3.8) is 0 Å². The maximum Gasteiger partial charge on any atom is 0.216 e. The molecule has 1 aliphatic rings. The molecule has 1 heterocycles. The van der Waals surface area contributed by atoms with Crippen LogP contribution < -0.4 is 5.73 Å². The summed E-state index contributed by atoms with van der Waals surface area (Å²) in [5, 5.41) is 0. The molecule has 0 fully saturated rings. The summed E-state index contributed by atoms with van der Waals surface area (Å²) in [6.07, 6.45) is 0.825. The smallest absolute Gasteiger partial charge is 0.216 e. The molecule has 2 rings (SSSR count). The number of hydrogen-bond donors (Lipinski definition) is 1. The van der Waals surface area contributed by atoms with E-state index in [4.69, 9.17) is 10.5 Å². The Morgan fingerprint density at radius 3 is 2.75 bits per heavy atom. The first-order valence-corrected chi connectivity index (χ1v) is 5.61. The molecule has 0 spiro atoms. The largest absolute Gasteiger partial charge is 0.476 e. The van der Waals surface area contributed by atoms with Crippen molar-refractivity contribution in [1.29, 1.82) is 0 Å². The quantitative estimate of drug-likeness (QED) is 0.840. The van der Waals surface area contributed by atoms with Gasteiger partial charge in [0.15, 0.2) is 0 Å². The van der Waals surface area contributed by atoms with Gasteiger partial charge in [-0.3, -0.25) is 0 Å². The van der Waals surface area contributed by atoms with Gasteiger partial charge in [0.1, 0.15) is 6.61 Å². The van der Waals surface area contributed by atoms with Crippen molar-refractivity contribution in [3.8, 4) is 0 Å². The van der Waals surface area contributed by atoms with Gasteiger partial charge in [0.25, 0.3) is 0 Å². The Labute approximate surface area is 96.3 Å². The Balaban J connectivity index is 2.30. The SMILES string of the molecule is CC(C)(N)Cc1ccccc1C1=NCCO1. The minimum Gasteiger partial charge on any atom is -0.476 e. The molecule has 2 N–H and O–H groups in total. The molecule has 0 atom stereocenters. The summed E-state index contributed by atoms with van der Waals surface area (Å²) >= 11 is 0. The van der Waals surface area contributed by atoms with Gasteiger partial charge in [0.2, 0.25) is 5.90 Å². The number of nitrogens with zero attached hydrogens (tertiary/aromatic N) is 1. The highest BCUT2D eigenvalue weighted by molar-refractivity contribution is 5.96. The van der Waals surface area contributed by atoms with E-state index in [1.54, 1.807) is 0 Å². The average Bonchev–Trinajstić information content (AvgIpc) is 2.69. The molecule has 3 nitrogen and oxygen atoms in total. The van der Waals surface area contributed by atoms with E-state index in [-0.39, 0.29) is 5.54 Å². The Kier molecular flexibility index (Phi) is 2.97. The molecule has 0 bridgehead atoms. The molecule has 86 valence electrons. The number of nitrogens with two attached hydrogens (primary N) is 1. The van der Waals surface area contributed by atoms with E-state index < -0.39 is 0 Å². The summed E-state index contributed by atoms with van der Waals surface area (Å²) in [4.78, 5) is 4.35. The van der Waals surface area contributed by atoms with Crippen LogP contribution in [0, 0.1) is 0 Å². The van der Waals surface area contributed by atoms with E-state index in [0.717, 1.165) is 24.4 Å². The molecule has 0 radical (unpaired) electrons. The molecular formula is C13H18N2O. The zero-order valence-electron chi connectivity index (χ0n) is 9.86. The maximum absolute atomic E-state index is 6.05. The van der Waals surface area contributed by atoms with Gasteiger partial charge in [-0.05, 0) is 31.9 Å². The van der Waals surface area contributed by atoms with Crippen LogP contribution in [0.1, 0.15) is 25.0 Å². The van der Waals surface area contributed by atoms with Gasteiger partial charge in [-0.15, -0.1) is 0 Å². The third-order valence-corrected chi connectivity index (χ3v) is 2.48. The van der Waals surface area contributed by atoms with Crippen LogP contribution in [0.5, 0.6) is 0 Å². The van der Waals surface area contributed by atoms with Crippen LogP contribution in [0.2, 0.25) is 0 Å². The van der Waals surface area contributed by atoms with Crippen LogP contribution in [-0.4, -0.2) is 24.6 Å². The first-order chi connectivity index (χ1) is 7.56. The Morgan fingerprint density at radius 2 is 2.12 bits per heavy atom. The number of hydrogen-bond acceptors (Lipinski definition) is 3. The second-order valence-electron chi connectivity index (χ2n) is 4.86. The summed E-state index contributed by atoms with van der Waals surface area (Å²) in [7, 11) is 0. The average molecular weight is 218 g/mol. The third kappa shape index (κ3) is 2.61. The monoisotopic (exact) mass is 218 g/mol. The maximum atomic E-state index is 6.05. The van der Waals surface area contributed by atoms with Gasteiger partial charge in [0, 0.05) is 11.1 Å². The second-order valence-corrected chi connectivity index (χ2v) is 4.86. The number of rotatable bonds is 3. The van der Waals surface area contributed by atoms with Crippen LogP contribution in [0.4, 0.5) is 0 Å². The predicted octanol–water partition coefficient (Wildman–Crippen LogP) is 1.74. The van der Waals surface area contributed by atoms with E-state index in [1.165, 1.54) is 5.56 Å². The topological polar surface area (TPSA) is 47.6 Å². The van der Waals surface area contributed by atoms with Crippen molar-refractivity contribution in [2.75, 3.05) is 13.2 Å². The lowest BCUT2D eigenvalue weighted by Gasteiger charge is -2.20. The molecule has 1 aliphatic heterocycles. The van der Waals surface area contributed by atoms with Crippen molar-refractivity contribution < 1.29 is 4.74 Å². The highest BCUT2D eigenvalue weighted by atomic mass is 16.5. The Morgan fingerprint density at radius 1 is 1.38 bits per heavy atom. The molecule has 3 heteroatoms. The summed E-state index contributed by atoms with van der Waals surface area (Å²) in [6, 6.07) is 8.17. The summed E-state index contributed by atoms with van der Waals surface area (Å²) in [5.74, 6) is 0.764. The minimum absolute atomic E-state index is 0.213. The first kappa shape index (κ1) is 11.1. The number of aliphatic imine (C=N–C) groups is 1. The summed E-state index contributed by atoms with van der Waals surface area (Å²) in [6.45, 7) is 5.51. The summed E-state index contributed by atoms with van der Waals surface area (Å²) in [5.41, 5.74) is 8.13. The molecule has 0 amide bonds. The molecular weight excluding hydrogens is 200 g/mol. The van der Waals surface area contributed by atoms with Gasteiger partial charge in [0.05, 0.1) is 6.54 Å². The van der Waals surface area contributed by atoms with Crippen molar-refractivity contribution in [3.05, 3.63) is 35.4 Å². The number of benzene rings is 1. The fourth-order valence-electron chi connectivity index (χ4n) is 1.87. The highest BCUT2D eigenvalue weighted by Crippen LogP contribution is 2.18. The van der Waals surface area contributed by atoms with Crippen molar-refractivity contribution in [1.82, 2.24) is 0 Å². The lowest BCUT2D eigenvalue weighted by Crippen LogP contribution is -2.35.